The number of hydrogen-bond acceptors (Lipinski definition) is 6. The summed E-state index contributed by atoms with van der Waals surface area (Å²) in [7, 11) is 1.41. The van der Waals surface area contributed by atoms with Gasteiger partial charge in [-0.3, -0.25) is 4.79 Å². The van der Waals surface area contributed by atoms with Gasteiger partial charge in [0.1, 0.15) is 35.1 Å². The minimum absolute atomic E-state index is 0.0824. The highest BCUT2D eigenvalue weighted by Gasteiger charge is 2.63. The van der Waals surface area contributed by atoms with E-state index in [0.717, 1.165) is 53.6 Å². The standard InChI is InChI=1S/C19H18N2O4/c1-23-19(22)16-15-12-9-10(4-5-13(12)25-17(15)16)24-14-6-8-21-18-11(14)3-2-7-20-18/h4-6,8-9,15-17H,2-3,7H2,1H3,(H,20,21)/t15-,16?,17?/m0/s1. The van der Waals surface area contributed by atoms with Crippen LogP contribution < -0.4 is 14.8 Å². The highest BCUT2D eigenvalue weighted by atomic mass is 16.5. The molecule has 0 saturated heterocycles. The third-order valence-electron chi connectivity index (χ3n) is 5.17. The predicted molar refractivity (Wildman–Crippen MR) is 90.2 cm³/mol. The third kappa shape index (κ3) is 2.24. The summed E-state index contributed by atoms with van der Waals surface area (Å²) in [6, 6.07) is 7.69. The van der Waals surface area contributed by atoms with Crippen molar-refractivity contribution in [3.05, 3.63) is 41.6 Å². The minimum atomic E-state index is -0.207. The van der Waals surface area contributed by atoms with E-state index in [0.29, 0.717) is 0 Å². The Balaban J connectivity index is 1.42. The molecule has 0 radical (unpaired) electrons. The minimum Gasteiger partial charge on any atom is -0.489 e. The van der Waals surface area contributed by atoms with Crippen LogP contribution in [0.5, 0.6) is 17.2 Å². The van der Waals surface area contributed by atoms with E-state index in [2.05, 4.69) is 10.3 Å². The van der Waals surface area contributed by atoms with Crippen LogP contribution in [0.4, 0.5) is 5.82 Å². The largest absolute Gasteiger partial charge is 0.489 e. The Kier molecular flexibility index (Phi) is 3.13. The van der Waals surface area contributed by atoms with Crippen molar-refractivity contribution < 1.29 is 19.0 Å². The van der Waals surface area contributed by atoms with Crippen LogP contribution in [-0.4, -0.2) is 30.7 Å². The van der Waals surface area contributed by atoms with E-state index < -0.39 is 0 Å². The molecule has 2 aromatic rings. The number of ether oxygens (including phenoxy) is 3. The van der Waals surface area contributed by atoms with Crippen LogP contribution in [0.3, 0.4) is 0 Å². The van der Waals surface area contributed by atoms with Gasteiger partial charge in [-0.25, -0.2) is 4.98 Å². The Morgan fingerprint density at radius 1 is 1.36 bits per heavy atom. The molecule has 128 valence electrons. The molecule has 1 aromatic heterocycles. The zero-order chi connectivity index (χ0) is 17.0. The lowest BCUT2D eigenvalue weighted by Crippen LogP contribution is -2.13. The van der Waals surface area contributed by atoms with Crippen molar-refractivity contribution in [1.29, 1.82) is 0 Å². The molecule has 1 saturated carbocycles. The van der Waals surface area contributed by atoms with E-state index >= 15 is 0 Å². The Labute approximate surface area is 145 Å². The summed E-state index contributed by atoms with van der Waals surface area (Å²) >= 11 is 0. The van der Waals surface area contributed by atoms with E-state index in [9.17, 15) is 4.79 Å². The van der Waals surface area contributed by atoms with Gasteiger partial charge in [-0.05, 0) is 37.1 Å². The maximum absolute atomic E-state index is 11.8. The van der Waals surface area contributed by atoms with Gasteiger partial charge >= 0.3 is 5.97 Å². The van der Waals surface area contributed by atoms with Crippen molar-refractivity contribution >= 4 is 11.8 Å². The van der Waals surface area contributed by atoms with Crippen molar-refractivity contribution in [2.45, 2.75) is 24.9 Å². The van der Waals surface area contributed by atoms with Crippen LogP contribution >= 0.6 is 0 Å². The zero-order valence-corrected chi connectivity index (χ0v) is 13.8. The topological polar surface area (TPSA) is 69.7 Å². The average molecular weight is 338 g/mol. The van der Waals surface area contributed by atoms with Gasteiger partial charge in [0.2, 0.25) is 0 Å². The number of nitrogens with zero attached hydrogens (tertiary/aromatic N) is 1. The maximum atomic E-state index is 11.8. The van der Waals surface area contributed by atoms with E-state index in [1.165, 1.54) is 7.11 Å². The number of methoxy groups -OCH3 is 1. The second-order valence-electron chi connectivity index (χ2n) is 6.63. The number of carbonyl (C=O) groups is 1. The van der Waals surface area contributed by atoms with Gasteiger partial charge in [0.25, 0.3) is 0 Å². The fraction of sp³-hybridized carbons (Fsp3) is 0.368. The normalized spacial score (nSPS) is 24.9. The van der Waals surface area contributed by atoms with Crippen LogP contribution in [-0.2, 0) is 16.0 Å². The fourth-order valence-electron chi connectivity index (χ4n) is 3.88. The van der Waals surface area contributed by atoms with Gasteiger partial charge in [-0.2, -0.15) is 0 Å². The SMILES string of the molecule is COC(=O)C1C2Oc3ccc(Oc4ccnc5c4CCCN5)cc3[C@H]21. The lowest BCUT2D eigenvalue weighted by atomic mass is 10.1. The first-order valence-corrected chi connectivity index (χ1v) is 8.54. The van der Waals surface area contributed by atoms with Crippen molar-refractivity contribution in [3.63, 3.8) is 0 Å². The molecule has 1 N–H and O–H groups in total. The van der Waals surface area contributed by atoms with Crippen molar-refractivity contribution in [2.75, 3.05) is 19.0 Å². The smallest absolute Gasteiger partial charge is 0.313 e. The quantitative estimate of drug-likeness (QED) is 0.868. The number of carbonyl (C=O) groups excluding carboxylic acids is 1. The zero-order valence-electron chi connectivity index (χ0n) is 13.8. The van der Waals surface area contributed by atoms with Gasteiger partial charge in [0.05, 0.1) is 7.11 Å². The van der Waals surface area contributed by atoms with E-state index in [1.54, 1.807) is 6.20 Å². The number of fused-ring (bicyclic) bond motifs is 4. The molecule has 1 aliphatic carbocycles. The van der Waals surface area contributed by atoms with Crippen molar-refractivity contribution in [3.8, 4) is 17.2 Å². The molecule has 0 spiro atoms. The highest BCUT2D eigenvalue weighted by molar-refractivity contribution is 5.80. The molecular formula is C19H18N2O4. The molecule has 25 heavy (non-hydrogen) atoms. The molecule has 0 amide bonds. The average Bonchev–Trinajstić information content (AvgIpc) is 3.24. The van der Waals surface area contributed by atoms with E-state index in [4.69, 9.17) is 14.2 Å². The van der Waals surface area contributed by atoms with Crippen LogP contribution in [0.15, 0.2) is 30.5 Å². The maximum Gasteiger partial charge on any atom is 0.313 e. The van der Waals surface area contributed by atoms with Gasteiger partial charge in [-0.1, -0.05) is 0 Å². The van der Waals surface area contributed by atoms with Crippen molar-refractivity contribution in [1.82, 2.24) is 4.98 Å². The molecule has 1 fully saturated rings. The Morgan fingerprint density at radius 2 is 2.28 bits per heavy atom. The highest BCUT2D eigenvalue weighted by Crippen LogP contribution is 2.59. The number of anilines is 1. The van der Waals surface area contributed by atoms with Gasteiger partial charge in [0, 0.05) is 29.8 Å². The van der Waals surface area contributed by atoms with Crippen LogP contribution in [0.2, 0.25) is 0 Å². The van der Waals surface area contributed by atoms with E-state index in [-0.39, 0.29) is 23.9 Å². The number of hydrogen-bond donors (Lipinski definition) is 1. The second-order valence-corrected chi connectivity index (χ2v) is 6.63. The third-order valence-corrected chi connectivity index (χ3v) is 5.17. The summed E-state index contributed by atoms with van der Waals surface area (Å²) < 4.78 is 16.8. The summed E-state index contributed by atoms with van der Waals surface area (Å²) in [5.41, 5.74) is 2.14. The molecule has 6 heteroatoms. The summed E-state index contributed by atoms with van der Waals surface area (Å²) in [4.78, 5) is 16.2. The summed E-state index contributed by atoms with van der Waals surface area (Å²) in [5, 5.41) is 3.31. The molecule has 6 nitrogen and oxygen atoms in total. The van der Waals surface area contributed by atoms with Gasteiger partial charge in [0.15, 0.2) is 0 Å². The lowest BCUT2D eigenvalue weighted by molar-refractivity contribution is -0.143. The first-order valence-electron chi connectivity index (χ1n) is 8.54. The summed E-state index contributed by atoms with van der Waals surface area (Å²) in [5.74, 6) is 3.00. The molecule has 3 aliphatic rings. The second kappa shape index (κ2) is 5.37. The Morgan fingerprint density at radius 3 is 3.16 bits per heavy atom. The Hall–Kier alpha value is -2.76. The summed E-state index contributed by atoms with van der Waals surface area (Å²) in [6.07, 6.45) is 3.69. The molecule has 5 rings (SSSR count). The number of pyridine rings is 1. The molecule has 2 aliphatic heterocycles. The lowest BCUT2D eigenvalue weighted by Gasteiger charge is -2.20. The van der Waals surface area contributed by atoms with Gasteiger partial charge in [-0.15, -0.1) is 0 Å². The van der Waals surface area contributed by atoms with Crippen molar-refractivity contribution in [2.24, 2.45) is 5.92 Å². The number of rotatable bonds is 3. The van der Waals surface area contributed by atoms with Gasteiger partial charge < -0.3 is 19.5 Å². The molecular weight excluding hydrogens is 320 g/mol. The monoisotopic (exact) mass is 338 g/mol. The fourth-order valence-corrected chi connectivity index (χ4v) is 3.88. The number of esters is 1. The van der Waals surface area contributed by atoms with Crippen LogP contribution in [0.25, 0.3) is 0 Å². The Bertz CT molecular complexity index is 866. The number of aromatic nitrogens is 1. The molecule has 0 bridgehead atoms. The number of benzene rings is 1. The first kappa shape index (κ1) is 14.6. The molecule has 3 heterocycles. The van der Waals surface area contributed by atoms with Crippen LogP contribution in [0, 0.1) is 5.92 Å². The molecule has 1 aromatic carbocycles. The van der Waals surface area contributed by atoms with E-state index in [1.807, 2.05) is 24.3 Å². The molecule has 2 unspecified atom stereocenters. The molecule has 3 atom stereocenters. The predicted octanol–water partition coefficient (Wildman–Crippen LogP) is 2.88. The number of nitrogens with one attached hydrogen (secondary N) is 1. The van der Waals surface area contributed by atoms with Crippen LogP contribution in [0.1, 0.15) is 23.5 Å². The first-order chi connectivity index (χ1) is 12.3. The summed E-state index contributed by atoms with van der Waals surface area (Å²) in [6.45, 7) is 0.942.